The number of nitriles is 1. The predicted molar refractivity (Wildman–Crippen MR) is 74.3 cm³/mol. The summed E-state index contributed by atoms with van der Waals surface area (Å²) in [6, 6.07) is 13.4. The van der Waals surface area contributed by atoms with E-state index < -0.39 is 0 Å². The van der Waals surface area contributed by atoms with Gasteiger partial charge in [-0.15, -0.1) is 0 Å². The number of hydrogen-bond acceptors (Lipinski definition) is 2. The van der Waals surface area contributed by atoms with Crippen molar-refractivity contribution in [2.24, 2.45) is 0 Å². The quantitative estimate of drug-likeness (QED) is 0.731. The summed E-state index contributed by atoms with van der Waals surface area (Å²) in [6.45, 7) is 4.27. The van der Waals surface area contributed by atoms with Gasteiger partial charge in [-0.25, -0.2) is 0 Å². The highest BCUT2D eigenvalue weighted by molar-refractivity contribution is 5.25. The molecular formula is C16H22N2. The zero-order chi connectivity index (χ0) is 12.8. The summed E-state index contributed by atoms with van der Waals surface area (Å²) in [5, 5.41) is 9.38. The fraction of sp³-hybridized carbons (Fsp3) is 0.562. The lowest BCUT2D eigenvalue weighted by atomic mass is 10.00. The normalized spacial score (nSPS) is 16.5. The van der Waals surface area contributed by atoms with Gasteiger partial charge in [-0.2, -0.15) is 5.26 Å². The standard InChI is InChI=1S/C16H22N2/c1-2-3-11-18(16-9-10-16)13-15(12-17)14-7-5-4-6-8-14/h4-8,15-16H,2-3,9-11,13H2,1H3. The van der Waals surface area contributed by atoms with Crippen molar-refractivity contribution >= 4 is 0 Å². The van der Waals surface area contributed by atoms with E-state index in [0.717, 1.165) is 24.7 Å². The average Bonchev–Trinajstić information content (AvgIpc) is 3.25. The van der Waals surface area contributed by atoms with Crippen molar-refractivity contribution in [2.75, 3.05) is 13.1 Å². The molecule has 1 atom stereocenters. The van der Waals surface area contributed by atoms with Crippen LogP contribution in [0, 0.1) is 11.3 Å². The molecule has 1 unspecified atom stereocenters. The van der Waals surface area contributed by atoms with Crippen LogP contribution in [0.25, 0.3) is 0 Å². The SMILES string of the molecule is CCCCN(CC(C#N)c1ccccc1)C1CC1. The maximum atomic E-state index is 9.38. The maximum absolute atomic E-state index is 9.38. The van der Waals surface area contributed by atoms with Gasteiger partial charge in [0, 0.05) is 12.6 Å². The highest BCUT2D eigenvalue weighted by Crippen LogP contribution is 2.29. The van der Waals surface area contributed by atoms with E-state index in [4.69, 9.17) is 0 Å². The molecule has 0 aromatic heterocycles. The van der Waals surface area contributed by atoms with E-state index in [2.05, 4.69) is 30.0 Å². The molecule has 0 bridgehead atoms. The molecule has 0 radical (unpaired) electrons. The molecule has 0 amide bonds. The molecule has 2 nitrogen and oxygen atoms in total. The van der Waals surface area contributed by atoms with Crippen LogP contribution in [0.5, 0.6) is 0 Å². The van der Waals surface area contributed by atoms with Gasteiger partial charge in [0.05, 0.1) is 12.0 Å². The molecule has 1 fully saturated rings. The fourth-order valence-corrected chi connectivity index (χ4v) is 2.36. The number of unbranched alkanes of at least 4 members (excludes halogenated alkanes) is 1. The van der Waals surface area contributed by atoms with Gasteiger partial charge >= 0.3 is 0 Å². The molecule has 0 saturated heterocycles. The van der Waals surface area contributed by atoms with Crippen molar-refractivity contribution in [1.82, 2.24) is 4.90 Å². The van der Waals surface area contributed by atoms with E-state index in [-0.39, 0.29) is 5.92 Å². The first-order valence-corrected chi connectivity index (χ1v) is 7.03. The molecule has 1 aliphatic carbocycles. The van der Waals surface area contributed by atoms with Crippen LogP contribution in [0.15, 0.2) is 30.3 Å². The summed E-state index contributed by atoms with van der Waals surface area (Å²) in [4.78, 5) is 2.52. The van der Waals surface area contributed by atoms with Crippen LogP contribution in [0.1, 0.15) is 44.1 Å². The second kappa shape index (κ2) is 6.56. The average molecular weight is 242 g/mol. The summed E-state index contributed by atoms with van der Waals surface area (Å²) in [7, 11) is 0. The molecule has 96 valence electrons. The number of hydrogen-bond donors (Lipinski definition) is 0. The van der Waals surface area contributed by atoms with Crippen LogP contribution in [-0.4, -0.2) is 24.0 Å². The van der Waals surface area contributed by atoms with Gasteiger partial charge in [0.2, 0.25) is 0 Å². The van der Waals surface area contributed by atoms with Gasteiger partial charge in [0.15, 0.2) is 0 Å². The molecule has 2 heteroatoms. The fourth-order valence-electron chi connectivity index (χ4n) is 2.36. The Morgan fingerprint density at radius 1 is 1.33 bits per heavy atom. The second-order valence-corrected chi connectivity index (χ2v) is 5.17. The highest BCUT2D eigenvalue weighted by Gasteiger charge is 2.30. The van der Waals surface area contributed by atoms with Gasteiger partial charge in [0.25, 0.3) is 0 Å². The molecule has 0 N–H and O–H groups in total. The first-order valence-electron chi connectivity index (χ1n) is 7.03. The number of rotatable bonds is 7. The van der Waals surface area contributed by atoms with Crippen LogP contribution in [-0.2, 0) is 0 Å². The molecule has 0 spiro atoms. The molecule has 2 rings (SSSR count). The van der Waals surface area contributed by atoms with Gasteiger partial charge in [-0.3, -0.25) is 4.90 Å². The van der Waals surface area contributed by atoms with Gasteiger partial charge in [0.1, 0.15) is 0 Å². The molecule has 0 aliphatic heterocycles. The van der Waals surface area contributed by atoms with E-state index in [1.54, 1.807) is 0 Å². The third-order valence-corrected chi connectivity index (χ3v) is 3.64. The summed E-state index contributed by atoms with van der Waals surface area (Å²) in [5.41, 5.74) is 1.15. The summed E-state index contributed by atoms with van der Waals surface area (Å²) >= 11 is 0. The van der Waals surface area contributed by atoms with E-state index in [0.29, 0.717) is 0 Å². The molecule has 1 aliphatic rings. The molecular weight excluding hydrogens is 220 g/mol. The van der Waals surface area contributed by atoms with Crippen LogP contribution < -0.4 is 0 Å². The van der Waals surface area contributed by atoms with Crippen LogP contribution >= 0.6 is 0 Å². The van der Waals surface area contributed by atoms with E-state index in [1.165, 1.54) is 25.7 Å². The minimum absolute atomic E-state index is 0.0173. The van der Waals surface area contributed by atoms with Crippen molar-refractivity contribution in [3.05, 3.63) is 35.9 Å². The van der Waals surface area contributed by atoms with Crippen LogP contribution in [0.2, 0.25) is 0 Å². The van der Waals surface area contributed by atoms with Crippen molar-refractivity contribution in [3.8, 4) is 6.07 Å². The lowest BCUT2D eigenvalue weighted by Crippen LogP contribution is -2.31. The Morgan fingerprint density at radius 2 is 2.06 bits per heavy atom. The summed E-state index contributed by atoms with van der Waals surface area (Å²) in [5.74, 6) is 0.0173. The first-order chi connectivity index (χ1) is 8.85. The third kappa shape index (κ3) is 3.58. The van der Waals surface area contributed by atoms with E-state index in [1.807, 2.05) is 18.2 Å². The second-order valence-electron chi connectivity index (χ2n) is 5.17. The number of nitrogens with zero attached hydrogens (tertiary/aromatic N) is 2. The largest absolute Gasteiger partial charge is 0.299 e. The Balaban J connectivity index is 1.98. The smallest absolute Gasteiger partial charge is 0.0839 e. The molecule has 18 heavy (non-hydrogen) atoms. The van der Waals surface area contributed by atoms with Gasteiger partial charge < -0.3 is 0 Å². The van der Waals surface area contributed by atoms with Crippen molar-refractivity contribution in [3.63, 3.8) is 0 Å². The minimum Gasteiger partial charge on any atom is -0.299 e. The third-order valence-electron chi connectivity index (χ3n) is 3.64. The monoisotopic (exact) mass is 242 g/mol. The predicted octanol–water partition coefficient (Wildman–Crippen LogP) is 3.56. The Labute approximate surface area is 110 Å². The summed E-state index contributed by atoms with van der Waals surface area (Å²) in [6.07, 6.45) is 5.10. The highest BCUT2D eigenvalue weighted by atomic mass is 15.2. The van der Waals surface area contributed by atoms with Crippen molar-refractivity contribution < 1.29 is 0 Å². The van der Waals surface area contributed by atoms with E-state index >= 15 is 0 Å². The van der Waals surface area contributed by atoms with Gasteiger partial charge in [-0.1, -0.05) is 43.7 Å². The topological polar surface area (TPSA) is 27.0 Å². The molecule has 0 heterocycles. The zero-order valence-corrected chi connectivity index (χ0v) is 11.2. The zero-order valence-electron chi connectivity index (χ0n) is 11.2. The maximum Gasteiger partial charge on any atom is 0.0839 e. The van der Waals surface area contributed by atoms with Gasteiger partial charge in [-0.05, 0) is 31.4 Å². The molecule has 1 aromatic rings. The number of benzene rings is 1. The van der Waals surface area contributed by atoms with Crippen LogP contribution in [0.3, 0.4) is 0 Å². The van der Waals surface area contributed by atoms with Crippen molar-refractivity contribution in [2.45, 2.75) is 44.6 Å². The van der Waals surface area contributed by atoms with Crippen molar-refractivity contribution in [1.29, 1.82) is 5.26 Å². The van der Waals surface area contributed by atoms with E-state index in [9.17, 15) is 5.26 Å². The Hall–Kier alpha value is -1.33. The minimum atomic E-state index is 0.0173. The lowest BCUT2D eigenvalue weighted by Gasteiger charge is -2.24. The lowest BCUT2D eigenvalue weighted by molar-refractivity contribution is 0.254. The Morgan fingerprint density at radius 3 is 2.61 bits per heavy atom. The molecule has 1 saturated carbocycles. The molecule has 1 aromatic carbocycles. The Bertz CT molecular complexity index is 389. The first kappa shape index (κ1) is 13.1. The van der Waals surface area contributed by atoms with Crippen LogP contribution in [0.4, 0.5) is 0 Å². The summed E-state index contributed by atoms with van der Waals surface area (Å²) < 4.78 is 0. The Kier molecular flexibility index (Phi) is 4.78.